The van der Waals surface area contributed by atoms with Crippen molar-refractivity contribution in [2.24, 2.45) is 0 Å². The molecule has 2 aromatic rings. The molecule has 1 atom stereocenters. The monoisotopic (exact) mass is 283 g/mol. The van der Waals surface area contributed by atoms with Gasteiger partial charge in [0.05, 0.1) is 0 Å². The first kappa shape index (κ1) is 15.4. The molecule has 0 bridgehead atoms. The van der Waals surface area contributed by atoms with Gasteiger partial charge >= 0.3 is 0 Å². The van der Waals surface area contributed by atoms with Crippen LogP contribution in [0.15, 0.2) is 54.6 Å². The van der Waals surface area contributed by atoms with Gasteiger partial charge in [0.2, 0.25) is 0 Å². The Bertz CT molecular complexity index is 576. The number of likely N-dealkylation sites (N-methyl/N-ethyl adjacent to an activating group) is 1. The topological polar surface area (TPSA) is 40.5 Å². The molecule has 2 rings (SSSR count). The zero-order chi connectivity index (χ0) is 15.2. The third kappa shape index (κ3) is 4.25. The summed E-state index contributed by atoms with van der Waals surface area (Å²) in [6, 6.07) is 16.5. The molecule has 110 valence electrons. The number of hydrogen-bond acceptors (Lipinski definition) is 3. The van der Waals surface area contributed by atoms with Gasteiger partial charge in [0.25, 0.3) is 0 Å². The first-order valence-corrected chi connectivity index (χ1v) is 7.09. The van der Waals surface area contributed by atoms with Crippen LogP contribution >= 0.6 is 0 Å². The van der Waals surface area contributed by atoms with Gasteiger partial charge in [0, 0.05) is 12.1 Å². The normalized spacial score (nSPS) is 12.4. The Morgan fingerprint density at radius 1 is 1.05 bits per heavy atom. The molecule has 1 unspecified atom stereocenters. The standard InChI is InChI=1S/C18H21NO2/c1-19(2)13-12-14-8-10-16(11-9-14)18(21)17(20)15-6-4-3-5-7-15/h3-11,18,21H,12-13H2,1-2H3. The molecule has 0 fully saturated rings. The maximum atomic E-state index is 12.2. The van der Waals surface area contributed by atoms with Gasteiger partial charge in [-0.25, -0.2) is 0 Å². The van der Waals surface area contributed by atoms with Crippen molar-refractivity contribution in [1.82, 2.24) is 4.90 Å². The molecule has 0 aliphatic heterocycles. The number of aliphatic hydroxyl groups is 1. The maximum absolute atomic E-state index is 12.2. The summed E-state index contributed by atoms with van der Waals surface area (Å²) in [6.45, 7) is 0.977. The third-order valence-electron chi connectivity index (χ3n) is 3.45. The fraction of sp³-hybridized carbons (Fsp3) is 0.278. The van der Waals surface area contributed by atoms with E-state index < -0.39 is 6.10 Å². The van der Waals surface area contributed by atoms with Crippen molar-refractivity contribution < 1.29 is 9.90 Å². The van der Waals surface area contributed by atoms with Gasteiger partial charge in [0.1, 0.15) is 6.10 Å². The highest BCUT2D eigenvalue weighted by Crippen LogP contribution is 2.19. The summed E-state index contributed by atoms with van der Waals surface area (Å²) < 4.78 is 0. The minimum absolute atomic E-state index is 0.267. The average Bonchev–Trinajstić information content (AvgIpc) is 2.53. The van der Waals surface area contributed by atoms with Crippen molar-refractivity contribution in [2.75, 3.05) is 20.6 Å². The molecule has 3 nitrogen and oxygen atoms in total. The molecule has 0 aliphatic rings. The molecular formula is C18H21NO2. The van der Waals surface area contributed by atoms with Gasteiger partial charge in [-0.1, -0.05) is 54.6 Å². The summed E-state index contributed by atoms with van der Waals surface area (Å²) in [7, 11) is 4.08. The Balaban J connectivity index is 2.06. The molecule has 0 saturated heterocycles. The quantitative estimate of drug-likeness (QED) is 0.829. The average molecular weight is 283 g/mol. The number of rotatable bonds is 6. The van der Waals surface area contributed by atoms with Crippen molar-refractivity contribution in [2.45, 2.75) is 12.5 Å². The van der Waals surface area contributed by atoms with E-state index in [-0.39, 0.29) is 5.78 Å². The predicted molar refractivity (Wildman–Crippen MR) is 84.4 cm³/mol. The van der Waals surface area contributed by atoms with Crippen LogP contribution in [0.5, 0.6) is 0 Å². The third-order valence-corrected chi connectivity index (χ3v) is 3.45. The van der Waals surface area contributed by atoms with Crippen LogP contribution in [0, 0.1) is 0 Å². The lowest BCUT2D eigenvalue weighted by Gasteiger charge is -2.12. The maximum Gasteiger partial charge on any atom is 0.195 e. The SMILES string of the molecule is CN(C)CCc1ccc(C(O)C(=O)c2ccccc2)cc1. The van der Waals surface area contributed by atoms with Gasteiger partial charge < -0.3 is 10.0 Å². The Labute approximate surface area is 125 Å². The second-order valence-electron chi connectivity index (χ2n) is 5.43. The zero-order valence-electron chi connectivity index (χ0n) is 12.5. The van der Waals surface area contributed by atoms with E-state index in [0.717, 1.165) is 13.0 Å². The number of carbonyl (C=O) groups is 1. The van der Waals surface area contributed by atoms with Gasteiger partial charge in [-0.3, -0.25) is 4.79 Å². The smallest absolute Gasteiger partial charge is 0.195 e. The van der Waals surface area contributed by atoms with Crippen molar-refractivity contribution in [3.8, 4) is 0 Å². The minimum atomic E-state index is -1.10. The molecule has 0 saturated carbocycles. The Morgan fingerprint density at radius 3 is 2.24 bits per heavy atom. The summed E-state index contributed by atoms with van der Waals surface area (Å²) in [5.41, 5.74) is 2.37. The van der Waals surface area contributed by atoms with Crippen LogP contribution < -0.4 is 0 Å². The lowest BCUT2D eigenvalue weighted by molar-refractivity contribution is 0.0747. The number of carbonyl (C=O) groups excluding carboxylic acids is 1. The fourth-order valence-corrected chi connectivity index (χ4v) is 2.13. The number of Topliss-reactive ketones (excluding diaryl/α,β-unsaturated/α-hetero) is 1. The van der Waals surface area contributed by atoms with E-state index in [4.69, 9.17) is 0 Å². The van der Waals surface area contributed by atoms with Gasteiger partial charge in [0.15, 0.2) is 5.78 Å². The van der Waals surface area contributed by atoms with E-state index in [1.54, 1.807) is 24.3 Å². The molecule has 0 amide bonds. The van der Waals surface area contributed by atoms with Crippen molar-refractivity contribution >= 4 is 5.78 Å². The molecule has 0 aromatic heterocycles. The first-order chi connectivity index (χ1) is 10.1. The van der Waals surface area contributed by atoms with Crippen LogP contribution in [0.2, 0.25) is 0 Å². The highest BCUT2D eigenvalue weighted by molar-refractivity contribution is 5.99. The van der Waals surface area contributed by atoms with Crippen LogP contribution in [-0.4, -0.2) is 36.4 Å². The molecule has 0 aliphatic carbocycles. The lowest BCUT2D eigenvalue weighted by Crippen LogP contribution is -2.15. The first-order valence-electron chi connectivity index (χ1n) is 7.09. The van der Waals surface area contributed by atoms with Crippen LogP contribution in [0.1, 0.15) is 27.6 Å². The van der Waals surface area contributed by atoms with Gasteiger partial charge in [-0.05, 0) is 31.6 Å². The Kier molecular flexibility index (Phi) is 5.26. The molecule has 0 heterocycles. The summed E-state index contributed by atoms with van der Waals surface area (Å²) in [6.07, 6.45) is -0.147. The van der Waals surface area contributed by atoms with Gasteiger partial charge in [-0.2, -0.15) is 0 Å². The molecule has 0 radical (unpaired) electrons. The largest absolute Gasteiger partial charge is 0.380 e. The number of ketones is 1. The number of nitrogens with zero attached hydrogens (tertiary/aromatic N) is 1. The second-order valence-corrected chi connectivity index (χ2v) is 5.43. The van der Waals surface area contributed by atoms with E-state index in [0.29, 0.717) is 11.1 Å². The second kappa shape index (κ2) is 7.16. The number of aliphatic hydroxyl groups excluding tert-OH is 1. The Hall–Kier alpha value is -1.97. The molecule has 0 spiro atoms. The van der Waals surface area contributed by atoms with E-state index in [1.165, 1.54) is 5.56 Å². The fourth-order valence-electron chi connectivity index (χ4n) is 2.13. The minimum Gasteiger partial charge on any atom is -0.380 e. The van der Waals surface area contributed by atoms with Crippen molar-refractivity contribution in [3.63, 3.8) is 0 Å². The summed E-state index contributed by atoms with van der Waals surface area (Å²) in [5.74, 6) is -0.267. The van der Waals surface area contributed by atoms with E-state index >= 15 is 0 Å². The number of hydrogen-bond donors (Lipinski definition) is 1. The molecule has 2 aromatic carbocycles. The van der Waals surface area contributed by atoms with Crippen LogP contribution in [0.3, 0.4) is 0 Å². The number of benzene rings is 2. The van der Waals surface area contributed by atoms with Crippen LogP contribution in [-0.2, 0) is 6.42 Å². The summed E-state index contributed by atoms with van der Waals surface area (Å²) >= 11 is 0. The highest BCUT2D eigenvalue weighted by atomic mass is 16.3. The van der Waals surface area contributed by atoms with E-state index in [9.17, 15) is 9.90 Å². The Morgan fingerprint density at radius 2 is 1.67 bits per heavy atom. The molecule has 21 heavy (non-hydrogen) atoms. The zero-order valence-corrected chi connectivity index (χ0v) is 12.5. The van der Waals surface area contributed by atoms with Crippen molar-refractivity contribution in [3.05, 3.63) is 71.3 Å². The predicted octanol–water partition coefficient (Wildman–Crippen LogP) is 2.71. The summed E-state index contributed by atoms with van der Waals surface area (Å²) in [5, 5.41) is 10.2. The summed E-state index contributed by atoms with van der Waals surface area (Å²) in [4.78, 5) is 14.3. The molecule has 1 N–H and O–H groups in total. The highest BCUT2D eigenvalue weighted by Gasteiger charge is 2.18. The van der Waals surface area contributed by atoms with Gasteiger partial charge in [-0.15, -0.1) is 0 Å². The lowest BCUT2D eigenvalue weighted by atomic mass is 9.98. The molecule has 3 heteroatoms. The van der Waals surface area contributed by atoms with Crippen LogP contribution in [0.4, 0.5) is 0 Å². The van der Waals surface area contributed by atoms with E-state index in [2.05, 4.69) is 4.90 Å². The van der Waals surface area contributed by atoms with E-state index in [1.807, 2.05) is 44.4 Å². The van der Waals surface area contributed by atoms with Crippen LogP contribution in [0.25, 0.3) is 0 Å². The molecular weight excluding hydrogens is 262 g/mol. The van der Waals surface area contributed by atoms with Crippen molar-refractivity contribution in [1.29, 1.82) is 0 Å².